The Morgan fingerprint density at radius 1 is 1.33 bits per heavy atom. The Kier molecular flexibility index (Phi) is 6.67. The normalized spacial score (nSPS) is 12.8. The first kappa shape index (κ1) is 17.5. The highest BCUT2D eigenvalue weighted by Gasteiger charge is 2.30. The Balaban J connectivity index is 2.74. The molecule has 0 amide bonds. The largest absolute Gasteiger partial charge is 0.426 e. The lowest BCUT2D eigenvalue weighted by molar-refractivity contribution is -0.135. The zero-order valence-electron chi connectivity index (χ0n) is 13.4. The summed E-state index contributed by atoms with van der Waals surface area (Å²) in [5.41, 5.74) is 0. The van der Waals surface area contributed by atoms with Gasteiger partial charge < -0.3 is 9.30 Å². The van der Waals surface area contributed by atoms with E-state index < -0.39 is 8.24 Å². The fraction of sp³-hybridized carbons (Fsp3) is 0.471. The lowest BCUT2D eigenvalue weighted by Crippen LogP contribution is -2.52. The van der Waals surface area contributed by atoms with Crippen LogP contribution in [0.25, 0.3) is 0 Å². The summed E-state index contributed by atoms with van der Waals surface area (Å²) in [7, 11) is -1.52. The molecule has 0 N–H and O–H groups in total. The Morgan fingerprint density at radius 3 is 2.43 bits per heavy atom. The molecule has 21 heavy (non-hydrogen) atoms. The molecule has 0 fully saturated rings. The van der Waals surface area contributed by atoms with Crippen molar-refractivity contribution in [2.45, 2.75) is 45.4 Å². The molecule has 0 radical (unpaired) electrons. The fourth-order valence-corrected chi connectivity index (χ4v) is 4.79. The predicted molar refractivity (Wildman–Crippen MR) is 89.7 cm³/mol. The van der Waals surface area contributed by atoms with Crippen LogP contribution in [0.1, 0.15) is 19.8 Å². The summed E-state index contributed by atoms with van der Waals surface area (Å²) in [5.74, 6) is 3.05. The first-order valence-corrected chi connectivity index (χ1v) is 10.8. The predicted octanol–water partition coefficient (Wildman–Crippen LogP) is 3.53. The first-order chi connectivity index (χ1) is 9.88. The maximum atomic E-state index is 12.1. The van der Waals surface area contributed by atoms with Gasteiger partial charge in [0.25, 0.3) is 0 Å². The van der Waals surface area contributed by atoms with Gasteiger partial charge in [0.1, 0.15) is 14.0 Å². The molecule has 0 aliphatic rings. The zero-order chi connectivity index (χ0) is 15.9. The van der Waals surface area contributed by atoms with Crippen molar-refractivity contribution < 1.29 is 9.53 Å². The molecule has 0 bridgehead atoms. The summed E-state index contributed by atoms with van der Waals surface area (Å²) in [6.45, 7) is 9.82. The van der Waals surface area contributed by atoms with Crippen molar-refractivity contribution in [3.05, 3.63) is 30.3 Å². The van der Waals surface area contributed by atoms with E-state index in [0.29, 0.717) is 18.6 Å². The van der Waals surface area contributed by atoms with Crippen LogP contribution in [-0.2, 0) is 4.79 Å². The molecule has 4 heteroatoms. The molecule has 0 spiro atoms. The van der Waals surface area contributed by atoms with Gasteiger partial charge in [0.15, 0.2) is 0 Å². The van der Waals surface area contributed by atoms with Crippen molar-refractivity contribution in [2.24, 2.45) is 0 Å². The van der Waals surface area contributed by atoms with Crippen molar-refractivity contribution in [2.75, 3.05) is 6.54 Å². The second-order valence-corrected chi connectivity index (χ2v) is 10.9. The van der Waals surface area contributed by atoms with Gasteiger partial charge in [-0.1, -0.05) is 44.8 Å². The maximum absolute atomic E-state index is 12.1. The highest BCUT2D eigenvalue weighted by Crippen LogP contribution is 2.19. The van der Waals surface area contributed by atoms with Crippen LogP contribution in [0.15, 0.2) is 30.3 Å². The fourth-order valence-electron chi connectivity index (χ4n) is 2.56. The number of hydrogen-bond donors (Lipinski definition) is 0. The summed E-state index contributed by atoms with van der Waals surface area (Å²) in [5, 5.41) is 0. The summed E-state index contributed by atoms with van der Waals surface area (Å²) < 4.78 is 7.77. The molecule has 1 aromatic rings. The summed E-state index contributed by atoms with van der Waals surface area (Å²) in [4.78, 5) is 12.1. The molecule has 3 nitrogen and oxygen atoms in total. The second-order valence-electron chi connectivity index (χ2n) is 6.01. The molecule has 0 aromatic heterocycles. The van der Waals surface area contributed by atoms with Crippen LogP contribution in [0.4, 0.5) is 0 Å². The van der Waals surface area contributed by atoms with Gasteiger partial charge in [0.05, 0.1) is 6.42 Å². The van der Waals surface area contributed by atoms with Crippen molar-refractivity contribution in [3.8, 4) is 18.1 Å². The van der Waals surface area contributed by atoms with E-state index in [9.17, 15) is 4.79 Å². The number of ether oxygens (including phenoxy) is 1. The monoisotopic (exact) mass is 303 g/mol. The standard InChI is InChI=1S/C17H25NO2Si/c1-6-11-15(18(7-2)21(3,4)5)14-17(19)20-16-12-9-8-10-13-16/h1,8-10,12-13,15H,7,11,14H2,2-5H3. The first-order valence-electron chi connectivity index (χ1n) is 7.34. The van der Waals surface area contributed by atoms with Crippen molar-refractivity contribution in [3.63, 3.8) is 0 Å². The van der Waals surface area contributed by atoms with Gasteiger partial charge in [0.2, 0.25) is 0 Å². The topological polar surface area (TPSA) is 29.5 Å². The number of carbonyl (C=O) groups is 1. The lowest BCUT2D eigenvalue weighted by atomic mass is 10.1. The van der Waals surface area contributed by atoms with Crippen molar-refractivity contribution in [1.29, 1.82) is 0 Å². The Labute approximate surface area is 129 Å². The Morgan fingerprint density at radius 2 is 1.95 bits per heavy atom. The van der Waals surface area contributed by atoms with Crippen molar-refractivity contribution in [1.82, 2.24) is 4.57 Å². The number of carbonyl (C=O) groups excluding carboxylic acids is 1. The van der Waals surface area contributed by atoms with Crippen LogP contribution in [0.3, 0.4) is 0 Å². The molecule has 1 unspecified atom stereocenters. The van der Waals surface area contributed by atoms with E-state index >= 15 is 0 Å². The summed E-state index contributed by atoms with van der Waals surface area (Å²) >= 11 is 0. The number of benzene rings is 1. The van der Waals surface area contributed by atoms with Gasteiger partial charge >= 0.3 is 5.97 Å². The van der Waals surface area contributed by atoms with E-state index in [4.69, 9.17) is 11.2 Å². The van der Waals surface area contributed by atoms with Crippen LogP contribution in [0.5, 0.6) is 5.75 Å². The van der Waals surface area contributed by atoms with E-state index in [2.05, 4.69) is 37.1 Å². The van der Waals surface area contributed by atoms with Gasteiger partial charge in [-0.2, -0.15) is 0 Å². The minimum atomic E-state index is -1.52. The van der Waals surface area contributed by atoms with Gasteiger partial charge in [0, 0.05) is 12.5 Å². The highest BCUT2D eigenvalue weighted by atomic mass is 28.3. The van der Waals surface area contributed by atoms with Crippen LogP contribution < -0.4 is 4.74 Å². The third-order valence-electron chi connectivity index (χ3n) is 3.37. The molecule has 0 saturated heterocycles. The molecule has 0 aliphatic carbocycles. The quantitative estimate of drug-likeness (QED) is 0.334. The SMILES string of the molecule is C#CCC(CC(=O)Oc1ccccc1)N(CC)[Si](C)(C)C. The van der Waals surface area contributed by atoms with Gasteiger partial charge in [-0.05, 0) is 18.7 Å². The van der Waals surface area contributed by atoms with E-state index in [0.717, 1.165) is 6.54 Å². The number of nitrogens with zero attached hydrogens (tertiary/aromatic N) is 1. The van der Waals surface area contributed by atoms with Crippen LogP contribution in [-0.4, -0.2) is 31.4 Å². The zero-order valence-corrected chi connectivity index (χ0v) is 14.4. The minimum absolute atomic E-state index is 0.0582. The van der Waals surface area contributed by atoms with E-state index in [1.54, 1.807) is 12.1 Å². The van der Waals surface area contributed by atoms with E-state index in [1.165, 1.54) is 0 Å². The Bertz CT molecular complexity index is 488. The van der Waals surface area contributed by atoms with Crippen LogP contribution >= 0.6 is 0 Å². The molecular weight excluding hydrogens is 278 g/mol. The highest BCUT2D eigenvalue weighted by molar-refractivity contribution is 6.73. The molecular formula is C17H25NO2Si. The second kappa shape index (κ2) is 8.01. The van der Waals surface area contributed by atoms with Gasteiger partial charge in [-0.3, -0.25) is 4.79 Å². The third-order valence-corrected chi connectivity index (χ3v) is 5.78. The molecule has 0 saturated carbocycles. The number of para-hydroxylation sites is 1. The Hall–Kier alpha value is -1.57. The molecule has 1 atom stereocenters. The maximum Gasteiger partial charge on any atom is 0.312 e. The lowest BCUT2D eigenvalue weighted by Gasteiger charge is -2.39. The van der Waals surface area contributed by atoms with Gasteiger partial charge in [-0.15, -0.1) is 12.3 Å². The van der Waals surface area contributed by atoms with E-state index in [-0.39, 0.29) is 12.0 Å². The van der Waals surface area contributed by atoms with Gasteiger partial charge in [-0.25, -0.2) is 0 Å². The van der Waals surface area contributed by atoms with Crippen LogP contribution in [0.2, 0.25) is 19.6 Å². The summed E-state index contributed by atoms with van der Waals surface area (Å²) in [6.07, 6.45) is 6.38. The number of rotatable bonds is 7. The van der Waals surface area contributed by atoms with Crippen LogP contribution in [0, 0.1) is 12.3 Å². The number of hydrogen-bond acceptors (Lipinski definition) is 3. The molecule has 114 valence electrons. The molecule has 1 rings (SSSR count). The molecule has 0 aliphatic heterocycles. The molecule has 0 heterocycles. The van der Waals surface area contributed by atoms with E-state index in [1.807, 2.05) is 18.2 Å². The average molecular weight is 303 g/mol. The minimum Gasteiger partial charge on any atom is -0.426 e. The number of terminal acetylenes is 1. The average Bonchev–Trinajstić information content (AvgIpc) is 2.39. The smallest absolute Gasteiger partial charge is 0.312 e. The third kappa shape index (κ3) is 5.74. The molecule has 1 aromatic carbocycles. The van der Waals surface area contributed by atoms with Crippen molar-refractivity contribution >= 4 is 14.2 Å². The number of esters is 1. The summed E-state index contributed by atoms with van der Waals surface area (Å²) in [6, 6.07) is 9.21.